The zero-order valence-electron chi connectivity index (χ0n) is 16.3. The van der Waals surface area contributed by atoms with E-state index in [-0.39, 0.29) is 19.3 Å². The topological polar surface area (TPSA) is 83.1 Å². The third kappa shape index (κ3) is 6.50. The van der Waals surface area contributed by atoms with Crippen LogP contribution in [0.5, 0.6) is 11.5 Å². The van der Waals surface area contributed by atoms with Crippen molar-refractivity contribution in [3.8, 4) is 11.5 Å². The Labute approximate surface area is 164 Å². The highest BCUT2D eigenvalue weighted by molar-refractivity contribution is 5.90. The molecule has 0 heterocycles. The van der Waals surface area contributed by atoms with E-state index in [1.54, 1.807) is 32.0 Å². The lowest BCUT2D eigenvalue weighted by Crippen LogP contribution is -2.37. The van der Waals surface area contributed by atoms with E-state index in [0.717, 1.165) is 5.56 Å². The molecule has 0 saturated carbocycles. The first kappa shape index (κ1) is 21.1. The number of ether oxygens (including phenoxy) is 4. The molecule has 0 aliphatic heterocycles. The van der Waals surface area contributed by atoms with E-state index in [1.807, 2.05) is 30.3 Å². The highest BCUT2D eigenvalue weighted by Crippen LogP contribution is 2.28. The molecule has 0 aliphatic rings. The average Bonchev–Trinajstić information content (AvgIpc) is 2.71. The first-order chi connectivity index (χ1) is 13.5. The molecule has 0 spiro atoms. The summed E-state index contributed by atoms with van der Waals surface area (Å²) in [7, 11) is 1.49. The molecule has 0 bridgehead atoms. The fourth-order valence-corrected chi connectivity index (χ4v) is 2.35. The van der Waals surface area contributed by atoms with Crippen LogP contribution in [0.1, 0.15) is 29.8 Å². The second-order valence-corrected chi connectivity index (χ2v) is 6.00. The van der Waals surface area contributed by atoms with Crippen LogP contribution in [0.2, 0.25) is 0 Å². The van der Waals surface area contributed by atoms with Gasteiger partial charge < -0.3 is 24.3 Å². The summed E-state index contributed by atoms with van der Waals surface area (Å²) in [5, 5.41) is 2.70. The maximum atomic E-state index is 11.9. The number of carbonyl (C=O) groups excluding carboxylic acids is 2. The predicted molar refractivity (Wildman–Crippen MR) is 104 cm³/mol. The Bertz CT molecular complexity index is 778. The zero-order valence-corrected chi connectivity index (χ0v) is 16.3. The Balaban J connectivity index is 1.83. The van der Waals surface area contributed by atoms with Gasteiger partial charge in [0.1, 0.15) is 13.2 Å². The van der Waals surface area contributed by atoms with Gasteiger partial charge in [0, 0.05) is 0 Å². The van der Waals surface area contributed by atoms with Gasteiger partial charge in [-0.2, -0.15) is 0 Å². The number of hydrogen-bond acceptors (Lipinski definition) is 6. The number of amides is 1. The third-order valence-corrected chi connectivity index (χ3v) is 3.74. The van der Waals surface area contributed by atoms with Crippen molar-refractivity contribution in [2.45, 2.75) is 26.5 Å². The Hall–Kier alpha value is -3.22. The van der Waals surface area contributed by atoms with Crippen LogP contribution >= 0.6 is 0 Å². The minimum Gasteiger partial charge on any atom is -0.493 e. The highest BCUT2D eigenvalue weighted by atomic mass is 16.6. The molecular weight excluding hydrogens is 362 g/mol. The Kier molecular flexibility index (Phi) is 8.14. The smallest absolute Gasteiger partial charge is 0.407 e. The molecule has 150 valence electrons. The molecule has 0 aliphatic carbocycles. The molecule has 0 fully saturated rings. The summed E-state index contributed by atoms with van der Waals surface area (Å²) in [4.78, 5) is 23.7. The first-order valence-electron chi connectivity index (χ1n) is 8.98. The van der Waals surface area contributed by atoms with Gasteiger partial charge in [0.2, 0.25) is 0 Å². The molecular formula is C21H25NO6. The van der Waals surface area contributed by atoms with Gasteiger partial charge in [0.15, 0.2) is 11.5 Å². The van der Waals surface area contributed by atoms with Crippen LogP contribution in [0.3, 0.4) is 0 Å². The number of hydrogen-bond donors (Lipinski definition) is 1. The molecule has 0 saturated heterocycles. The molecule has 1 unspecified atom stereocenters. The summed E-state index contributed by atoms with van der Waals surface area (Å²) < 4.78 is 21.1. The van der Waals surface area contributed by atoms with Gasteiger partial charge in [-0.25, -0.2) is 9.59 Å². The SMILES string of the molecule is CCOC(=O)c1ccc(OCC(C)NC(=O)OCc2ccccc2)c(OC)c1. The van der Waals surface area contributed by atoms with Gasteiger partial charge in [0.25, 0.3) is 0 Å². The van der Waals surface area contributed by atoms with E-state index >= 15 is 0 Å². The molecule has 7 nitrogen and oxygen atoms in total. The van der Waals surface area contributed by atoms with Gasteiger partial charge in [0.05, 0.1) is 25.3 Å². The lowest BCUT2D eigenvalue weighted by Gasteiger charge is -2.17. The molecule has 28 heavy (non-hydrogen) atoms. The summed E-state index contributed by atoms with van der Waals surface area (Å²) in [6, 6.07) is 13.9. The number of carbonyl (C=O) groups is 2. The van der Waals surface area contributed by atoms with Crippen molar-refractivity contribution in [3.63, 3.8) is 0 Å². The number of esters is 1. The molecule has 7 heteroatoms. The van der Waals surface area contributed by atoms with Gasteiger partial charge in [-0.15, -0.1) is 0 Å². The standard InChI is InChI=1S/C21H25NO6/c1-4-26-20(23)17-10-11-18(19(12-17)25-3)27-13-15(2)22-21(24)28-14-16-8-6-5-7-9-16/h5-12,15H,4,13-14H2,1-3H3,(H,22,24). The minimum absolute atomic E-state index is 0.198. The van der Waals surface area contributed by atoms with Crippen LogP contribution in [0.15, 0.2) is 48.5 Å². The highest BCUT2D eigenvalue weighted by Gasteiger charge is 2.14. The van der Waals surface area contributed by atoms with E-state index < -0.39 is 12.1 Å². The monoisotopic (exact) mass is 387 g/mol. The minimum atomic E-state index is -0.524. The third-order valence-electron chi connectivity index (χ3n) is 3.74. The number of benzene rings is 2. The number of rotatable bonds is 9. The summed E-state index contributed by atoms with van der Waals surface area (Å²) in [5.41, 5.74) is 1.29. The van der Waals surface area contributed by atoms with Crippen LogP contribution in [-0.2, 0) is 16.1 Å². The summed E-state index contributed by atoms with van der Waals surface area (Å²) in [5.74, 6) is 0.440. The second kappa shape index (κ2) is 10.8. The Morgan fingerprint density at radius 2 is 1.79 bits per heavy atom. The second-order valence-electron chi connectivity index (χ2n) is 6.00. The molecule has 0 aromatic heterocycles. The number of alkyl carbamates (subject to hydrolysis) is 1. The summed E-state index contributed by atoms with van der Waals surface area (Å²) in [6.45, 7) is 4.23. The van der Waals surface area contributed by atoms with Crippen molar-refractivity contribution < 1.29 is 28.5 Å². The van der Waals surface area contributed by atoms with E-state index in [4.69, 9.17) is 18.9 Å². The molecule has 1 N–H and O–H groups in total. The molecule has 2 aromatic rings. The molecule has 1 atom stereocenters. The predicted octanol–water partition coefficient (Wildman–Crippen LogP) is 3.57. The average molecular weight is 387 g/mol. The van der Waals surface area contributed by atoms with Crippen LogP contribution in [0.4, 0.5) is 4.79 Å². The lowest BCUT2D eigenvalue weighted by atomic mass is 10.2. The lowest BCUT2D eigenvalue weighted by molar-refractivity contribution is 0.0525. The largest absolute Gasteiger partial charge is 0.493 e. The quantitative estimate of drug-likeness (QED) is 0.663. The van der Waals surface area contributed by atoms with Crippen molar-refractivity contribution in [1.82, 2.24) is 5.32 Å². The number of nitrogens with one attached hydrogen (secondary N) is 1. The van der Waals surface area contributed by atoms with Crippen molar-refractivity contribution >= 4 is 12.1 Å². The van der Waals surface area contributed by atoms with Crippen LogP contribution in [-0.4, -0.2) is 38.4 Å². The van der Waals surface area contributed by atoms with Crippen molar-refractivity contribution in [2.75, 3.05) is 20.3 Å². The fraction of sp³-hybridized carbons (Fsp3) is 0.333. The zero-order chi connectivity index (χ0) is 20.4. The normalized spacial score (nSPS) is 11.2. The van der Waals surface area contributed by atoms with Crippen LogP contribution in [0.25, 0.3) is 0 Å². The van der Waals surface area contributed by atoms with Gasteiger partial charge in [-0.05, 0) is 37.6 Å². The molecule has 1 amide bonds. The van der Waals surface area contributed by atoms with Crippen LogP contribution < -0.4 is 14.8 Å². The molecule has 0 radical (unpaired) electrons. The van der Waals surface area contributed by atoms with E-state index in [9.17, 15) is 9.59 Å². The van der Waals surface area contributed by atoms with Gasteiger partial charge >= 0.3 is 12.1 Å². The van der Waals surface area contributed by atoms with Crippen molar-refractivity contribution in [3.05, 3.63) is 59.7 Å². The number of methoxy groups -OCH3 is 1. The maximum absolute atomic E-state index is 11.9. The van der Waals surface area contributed by atoms with E-state index in [2.05, 4.69) is 5.32 Å². The molecule has 2 rings (SSSR count). The van der Waals surface area contributed by atoms with Crippen LogP contribution in [0, 0.1) is 0 Å². The van der Waals surface area contributed by atoms with Crippen molar-refractivity contribution in [2.24, 2.45) is 0 Å². The van der Waals surface area contributed by atoms with Gasteiger partial charge in [-0.3, -0.25) is 0 Å². The Morgan fingerprint density at radius 1 is 1.04 bits per heavy atom. The van der Waals surface area contributed by atoms with E-state index in [1.165, 1.54) is 7.11 Å². The van der Waals surface area contributed by atoms with Gasteiger partial charge in [-0.1, -0.05) is 30.3 Å². The van der Waals surface area contributed by atoms with E-state index in [0.29, 0.717) is 23.7 Å². The maximum Gasteiger partial charge on any atom is 0.407 e. The summed E-state index contributed by atoms with van der Waals surface area (Å²) in [6.07, 6.45) is -0.524. The summed E-state index contributed by atoms with van der Waals surface area (Å²) >= 11 is 0. The molecule has 2 aromatic carbocycles. The van der Waals surface area contributed by atoms with Crippen molar-refractivity contribution in [1.29, 1.82) is 0 Å². The Morgan fingerprint density at radius 3 is 2.46 bits per heavy atom. The fourth-order valence-electron chi connectivity index (χ4n) is 2.35. The first-order valence-corrected chi connectivity index (χ1v) is 8.98.